The van der Waals surface area contributed by atoms with Crippen molar-refractivity contribution < 1.29 is 54.1 Å². The van der Waals surface area contributed by atoms with Crippen molar-refractivity contribution in [2.45, 2.75) is 70.2 Å². The molecule has 3 rings (SSSR count). The van der Waals surface area contributed by atoms with Crippen molar-refractivity contribution in [3.63, 3.8) is 0 Å². The third-order valence-corrected chi connectivity index (χ3v) is 6.25. The second-order valence-electron chi connectivity index (χ2n) is 8.42. The molecule has 1 fully saturated rings. The van der Waals surface area contributed by atoms with Crippen molar-refractivity contribution in [2.24, 2.45) is 0 Å². The molecule has 186 valence electrons. The monoisotopic (exact) mass is 480 g/mol. The Kier molecular flexibility index (Phi) is 7.61. The predicted molar refractivity (Wildman–Crippen MR) is 114 cm³/mol. The van der Waals surface area contributed by atoms with Crippen LogP contribution in [0.25, 0.3) is 0 Å². The summed E-state index contributed by atoms with van der Waals surface area (Å²) in [7, 11) is 1.41. The Morgan fingerprint density at radius 2 is 1.79 bits per heavy atom. The lowest BCUT2D eigenvalue weighted by Gasteiger charge is -2.40. The number of carbonyl (C=O) groups excluding carboxylic acids is 1. The normalized spacial score (nSPS) is 26.7. The van der Waals surface area contributed by atoms with Gasteiger partial charge in [-0.15, -0.1) is 0 Å². The molecule has 11 nitrogen and oxygen atoms in total. The van der Waals surface area contributed by atoms with E-state index in [1.165, 1.54) is 7.11 Å². The van der Waals surface area contributed by atoms with Crippen LogP contribution in [0.2, 0.25) is 0 Å². The molecule has 11 heteroatoms. The number of hydrogen-bond donors (Lipinski definition) is 5. The Hall–Kier alpha value is -2.99. The van der Waals surface area contributed by atoms with E-state index in [-0.39, 0.29) is 37.0 Å². The lowest BCUT2D eigenvalue weighted by Crippen LogP contribution is -2.57. The molecule has 5 N–H and O–H groups in total. The zero-order valence-corrected chi connectivity index (χ0v) is 19.0. The number of methoxy groups -OCH3 is 1. The third-order valence-electron chi connectivity index (χ3n) is 6.25. The smallest absolute Gasteiger partial charge is 0.339 e. The average Bonchev–Trinajstić information content (AvgIpc) is 3.17. The van der Waals surface area contributed by atoms with Gasteiger partial charge < -0.3 is 39.7 Å². The summed E-state index contributed by atoms with van der Waals surface area (Å²) in [6.07, 6.45) is -6.77. The molecule has 2 aliphatic rings. The van der Waals surface area contributed by atoms with Gasteiger partial charge in [0.2, 0.25) is 0 Å². The molecule has 34 heavy (non-hydrogen) atoms. The first kappa shape index (κ1) is 25.6. The van der Waals surface area contributed by atoms with E-state index in [1.54, 1.807) is 19.9 Å². The fraction of sp³-hybridized carbons (Fsp3) is 0.522. The molecule has 0 saturated carbocycles. The number of aliphatic carboxylic acids is 2. The Balaban J connectivity index is 2.19. The maximum atomic E-state index is 12.7. The van der Waals surface area contributed by atoms with Gasteiger partial charge in [0.15, 0.2) is 6.10 Å². The van der Waals surface area contributed by atoms with Crippen molar-refractivity contribution in [1.82, 2.24) is 0 Å². The summed E-state index contributed by atoms with van der Waals surface area (Å²) in [6.45, 7) is 3.41. The van der Waals surface area contributed by atoms with Crippen molar-refractivity contribution in [3.8, 4) is 5.75 Å². The predicted octanol–water partition coefficient (Wildman–Crippen LogP) is 0.635. The van der Waals surface area contributed by atoms with Gasteiger partial charge in [0.25, 0.3) is 0 Å². The molecule has 0 bridgehead atoms. The zero-order valence-electron chi connectivity index (χ0n) is 19.0. The number of aliphatic hydroxyl groups is 3. The minimum atomic E-state index is -1.89. The number of rotatable bonds is 8. The number of carbonyl (C=O) groups is 3. The second-order valence-corrected chi connectivity index (χ2v) is 8.42. The van der Waals surface area contributed by atoms with Gasteiger partial charge in [-0.05, 0) is 32.3 Å². The number of carboxylic acid groups (broad SMARTS) is 2. The summed E-state index contributed by atoms with van der Waals surface area (Å²) in [6, 6.07) is 0. The third kappa shape index (κ3) is 4.64. The number of carboxylic acids is 2. The zero-order chi connectivity index (χ0) is 25.3. The van der Waals surface area contributed by atoms with E-state index in [0.717, 1.165) is 5.57 Å². The summed E-state index contributed by atoms with van der Waals surface area (Å²) in [4.78, 5) is 35.2. The van der Waals surface area contributed by atoms with Gasteiger partial charge in [-0.3, -0.25) is 4.79 Å². The summed E-state index contributed by atoms with van der Waals surface area (Å²) < 4.78 is 16.3. The van der Waals surface area contributed by atoms with Crippen LogP contribution in [0.4, 0.5) is 0 Å². The van der Waals surface area contributed by atoms with Gasteiger partial charge in [-0.25, -0.2) is 9.59 Å². The second kappa shape index (κ2) is 10.1. The maximum Gasteiger partial charge on any atom is 0.339 e. The summed E-state index contributed by atoms with van der Waals surface area (Å²) in [5.74, 6) is -2.84. The molecule has 0 spiro atoms. The van der Waals surface area contributed by atoms with Gasteiger partial charge >= 0.3 is 17.9 Å². The van der Waals surface area contributed by atoms with E-state index < -0.39 is 48.4 Å². The molecule has 2 aliphatic heterocycles. The van der Waals surface area contributed by atoms with Crippen LogP contribution >= 0.6 is 0 Å². The van der Waals surface area contributed by atoms with Crippen molar-refractivity contribution in [1.29, 1.82) is 0 Å². The van der Waals surface area contributed by atoms with E-state index >= 15 is 0 Å². The van der Waals surface area contributed by atoms with Gasteiger partial charge in [0.05, 0.1) is 12.7 Å². The summed E-state index contributed by atoms with van der Waals surface area (Å²) in [5, 5.41) is 49.6. The highest BCUT2D eigenvalue weighted by molar-refractivity contribution is 5.97. The molecule has 1 aromatic rings. The molecule has 1 saturated heterocycles. The maximum absolute atomic E-state index is 12.7. The highest BCUT2D eigenvalue weighted by Gasteiger charge is 2.50. The number of esters is 1. The molecular formula is C23H28O11. The topological polar surface area (TPSA) is 180 Å². The summed E-state index contributed by atoms with van der Waals surface area (Å²) >= 11 is 0. The van der Waals surface area contributed by atoms with Gasteiger partial charge in [-0.2, -0.15) is 0 Å². The SMILES string of the molecule is COc1c(C)c2c(c([C@@H]3O[C@H](C(=O)O)[C@@H](O)[C@H](O)[C@H]3O)c1C/C=C(\C)CCC(=O)O)C(=O)OC2. The van der Waals surface area contributed by atoms with Gasteiger partial charge in [0, 0.05) is 23.1 Å². The number of benzene rings is 1. The van der Waals surface area contributed by atoms with Gasteiger partial charge in [0.1, 0.15) is 36.8 Å². The molecule has 1 aromatic carbocycles. The number of hydrogen-bond acceptors (Lipinski definition) is 9. The quantitative estimate of drug-likeness (QED) is 0.260. The Morgan fingerprint density at radius 3 is 2.38 bits per heavy atom. The number of aliphatic hydroxyl groups excluding tert-OH is 3. The van der Waals surface area contributed by atoms with E-state index in [0.29, 0.717) is 22.4 Å². The van der Waals surface area contributed by atoms with Crippen LogP contribution in [0.1, 0.15) is 58.5 Å². The first-order chi connectivity index (χ1) is 16.0. The molecular weight excluding hydrogens is 452 g/mol. The van der Waals surface area contributed by atoms with Crippen LogP contribution in [0, 0.1) is 6.92 Å². The average molecular weight is 480 g/mol. The highest BCUT2D eigenvalue weighted by Crippen LogP contribution is 2.45. The van der Waals surface area contributed by atoms with E-state index in [1.807, 2.05) is 0 Å². The van der Waals surface area contributed by atoms with E-state index in [4.69, 9.17) is 19.3 Å². The van der Waals surface area contributed by atoms with Crippen LogP contribution in [0.15, 0.2) is 11.6 Å². The van der Waals surface area contributed by atoms with Crippen molar-refractivity contribution in [3.05, 3.63) is 39.5 Å². The van der Waals surface area contributed by atoms with Gasteiger partial charge in [-0.1, -0.05) is 11.6 Å². The molecule has 0 unspecified atom stereocenters. The number of cyclic esters (lactones) is 1. The van der Waals surface area contributed by atoms with E-state index in [9.17, 15) is 34.8 Å². The number of ether oxygens (including phenoxy) is 3. The lowest BCUT2D eigenvalue weighted by molar-refractivity contribution is -0.230. The van der Waals surface area contributed by atoms with Crippen LogP contribution in [-0.4, -0.2) is 75.0 Å². The standard InChI is InChI=1S/C23H28O11/c1-9(5-7-13(24)25)4-6-11-14(15-12(8-33-23(15)31)10(2)19(11)32-3)20-17(27)16(26)18(28)21(34-20)22(29)30/h4,16-18,20-21,26-28H,5-8H2,1-3H3,(H,24,25)(H,29,30)/b9-4+/t16-,17-,18+,20+,21+/m1/s1. The number of fused-ring (bicyclic) bond motifs is 1. The lowest BCUT2D eigenvalue weighted by atomic mass is 9.82. The minimum absolute atomic E-state index is 0.0620. The van der Waals surface area contributed by atoms with E-state index in [2.05, 4.69) is 0 Å². The Morgan fingerprint density at radius 1 is 1.12 bits per heavy atom. The summed E-state index contributed by atoms with van der Waals surface area (Å²) in [5.41, 5.74) is 2.42. The molecule has 0 aromatic heterocycles. The molecule has 0 aliphatic carbocycles. The highest BCUT2D eigenvalue weighted by atomic mass is 16.6. The number of allylic oxidation sites excluding steroid dienone is 2. The minimum Gasteiger partial charge on any atom is -0.496 e. The Bertz CT molecular complexity index is 1030. The fourth-order valence-electron chi connectivity index (χ4n) is 4.41. The molecule has 2 heterocycles. The van der Waals surface area contributed by atoms with Crippen LogP contribution in [0.5, 0.6) is 5.75 Å². The molecule has 5 atom stereocenters. The fourth-order valence-corrected chi connectivity index (χ4v) is 4.41. The largest absolute Gasteiger partial charge is 0.496 e. The molecule has 0 radical (unpaired) electrons. The van der Waals surface area contributed by atoms with Crippen LogP contribution < -0.4 is 4.74 Å². The molecule has 0 amide bonds. The van der Waals surface area contributed by atoms with Crippen molar-refractivity contribution in [2.75, 3.05) is 7.11 Å². The van der Waals surface area contributed by atoms with Crippen LogP contribution in [0.3, 0.4) is 0 Å². The van der Waals surface area contributed by atoms with Crippen LogP contribution in [-0.2, 0) is 32.1 Å². The first-order valence-electron chi connectivity index (χ1n) is 10.7. The Labute approximate surface area is 195 Å². The van der Waals surface area contributed by atoms with Crippen molar-refractivity contribution >= 4 is 17.9 Å². The first-order valence-corrected chi connectivity index (χ1v) is 10.7.